The summed E-state index contributed by atoms with van der Waals surface area (Å²) in [5.74, 6) is -1.13. The van der Waals surface area contributed by atoms with E-state index in [0.29, 0.717) is 160 Å². The summed E-state index contributed by atoms with van der Waals surface area (Å²) in [6.07, 6.45) is 8.89. The zero-order chi connectivity index (χ0) is 65.6. The van der Waals surface area contributed by atoms with E-state index in [9.17, 15) is 38.4 Å². The average molecular weight is 1340 g/mol. The number of imide groups is 4. The molecule has 0 unspecified atom stereocenters. The maximum absolute atomic E-state index is 13.2. The van der Waals surface area contributed by atoms with Gasteiger partial charge in [0.05, 0.1) is 93.7 Å². The molecule has 6 aliphatic rings. The maximum atomic E-state index is 13.2. The van der Waals surface area contributed by atoms with Crippen molar-refractivity contribution in [2.45, 2.75) is 25.7 Å². The molecule has 6 aliphatic heterocycles. The van der Waals surface area contributed by atoms with Crippen molar-refractivity contribution in [2.24, 2.45) is 0 Å². The van der Waals surface area contributed by atoms with Gasteiger partial charge >= 0.3 is 19.5 Å². The van der Waals surface area contributed by atoms with E-state index in [1.807, 2.05) is 85.0 Å². The van der Waals surface area contributed by atoms with Gasteiger partial charge < -0.3 is 28.9 Å². The minimum absolute atomic E-state index is 0. The van der Waals surface area contributed by atoms with E-state index < -0.39 is 0 Å². The average Bonchev–Trinajstić information content (AvgIpc) is 1.75. The fourth-order valence-corrected chi connectivity index (χ4v) is 12.7. The molecule has 474 valence electrons. The van der Waals surface area contributed by atoms with Crippen LogP contribution in [-0.2, 0) is 19.5 Å². The molecule has 0 saturated heterocycles. The third kappa shape index (κ3) is 12.2. The summed E-state index contributed by atoms with van der Waals surface area (Å²) in [5.41, 5.74) is 10.2. The van der Waals surface area contributed by atoms with E-state index in [2.05, 4.69) is 0 Å². The molecule has 9 aromatic rings. The van der Waals surface area contributed by atoms with Crippen molar-refractivity contribution in [2.75, 3.05) is 52.6 Å². The number of amides is 8. The van der Waals surface area contributed by atoms with Gasteiger partial charge in [0, 0.05) is 38.3 Å². The van der Waals surface area contributed by atoms with Crippen LogP contribution in [0.25, 0.3) is 68.6 Å². The molecule has 15 rings (SSSR count). The molecule has 8 bridgehead atoms. The molecule has 97 heavy (non-hydrogen) atoms. The number of aromatic nitrogens is 4. The smallest absolute Gasteiger partial charge is 0.657 e. The number of fused-ring (bicyclic) bond motifs is 12. The van der Waals surface area contributed by atoms with E-state index in [1.165, 1.54) is 19.6 Å². The van der Waals surface area contributed by atoms with Crippen molar-refractivity contribution >= 4 is 93.6 Å². The molecule has 0 spiro atoms. The van der Waals surface area contributed by atoms with Crippen LogP contribution in [0.4, 0.5) is 0 Å². The van der Waals surface area contributed by atoms with E-state index in [-0.39, 0.29) is 119 Å². The largest absolute Gasteiger partial charge is 2.00 e. The van der Waals surface area contributed by atoms with Crippen molar-refractivity contribution in [3.05, 3.63) is 237 Å². The molecular weight excluding hydrogens is 1280 g/mol. The first-order valence-electron chi connectivity index (χ1n) is 31.5. The van der Waals surface area contributed by atoms with Crippen molar-refractivity contribution < 1.29 is 76.8 Å². The zero-order valence-electron chi connectivity index (χ0n) is 52.1. The minimum Gasteiger partial charge on any atom is -0.657 e. The van der Waals surface area contributed by atoms with Crippen LogP contribution in [-0.4, -0.2) is 129 Å². The second-order valence-electron chi connectivity index (χ2n) is 23.5. The number of hydrogen-bond donors (Lipinski definition) is 0. The molecule has 6 aromatic carbocycles. The van der Waals surface area contributed by atoms with E-state index >= 15 is 0 Å². The number of nitrogens with zero attached hydrogens (tertiary/aromatic N) is 8. The zero-order valence-corrected chi connectivity index (χ0v) is 55.1. The number of ether oxygens (including phenoxy) is 4. The Morgan fingerprint density at radius 2 is 0.567 bits per heavy atom. The van der Waals surface area contributed by atoms with E-state index in [0.717, 1.165) is 0 Å². The Morgan fingerprint density at radius 1 is 0.309 bits per heavy atom. The fraction of sp³-hybridized carbons (Fsp3) is 0.158. The molecule has 21 heteroatoms. The summed E-state index contributed by atoms with van der Waals surface area (Å²) in [6, 6.07) is 49.2. The van der Waals surface area contributed by atoms with Crippen LogP contribution in [0.1, 0.15) is 131 Å². The van der Waals surface area contributed by atoms with Gasteiger partial charge in [0.25, 0.3) is 47.3 Å². The first-order chi connectivity index (χ1) is 46.9. The van der Waals surface area contributed by atoms with E-state index in [1.54, 1.807) is 109 Å². The molecule has 0 atom stereocenters. The normalized spacial score (nSPS) is 14.2. The number of hydrogen-bond acceptors (Lipinski definition) is 14. The first kappa shape index (κ1) is 62.7. The van der Waals surface area contributed by atoms with Gasteiger partial charge in [0.1, 0.15) is 23.0 Å². The second kappa shape index (κ2) is 26.6. The molecule has 0 aliphatic carbocycles. The van der Waals surface area contributed by atoms with Crippen molar-refractivity contribution in [1.82, 2.24) is 39.5 Å². The van der Waals surface area contributed by atoms with Crippen LogP contribution >= 0.6 is 0 Å². The quantitative estimate of drug-likeness (QED) is 0.0348. The maximum Gasteiger partial charge on any atom is 2.00 e. The van der Waals surface area contributed by atoms with Crippen molar-refractivity contribution in [3.63, 3.8) is 0 Å². The topological polar surface area (TPSA) is 240 Å². The van der Waals surface area contributed by atoms with E-state index in [4.69, 9.17) is 38.9 Å². The van der Waals surface area contributed by atoms with Crippen LogP contribution in [0, 0.1) is 0 Å². The molecule has 0 N–H and O–H groups in total. The Labute approximate surface area is 567 Å². The van der Waals surface area contributed by atoms with Crippen LogP contribution in [0.15, 0.2) is 170 Å². The fourth-order valence-electron chi connectivity index (χ4n) is 12.7. The predicted octanol–water partition coefficient (Wildman–Crippen LogP) is 11.5. The Kier molecular flexibility index (Phi) is 17.2. The Morgan fingerprint density at radius 3 is 0.825 bits per heavy atom. The van der Waals surface area contributed by atoms with Gasteiger partial charge in [-0.3, -0.25) is 58.0 Å². The van der Waals surface area contributed by atoms with Gasteiger partial charge in [-0.1, -0.05) is 84.9 Å². The molecular formula is C76H56N8O12Zn. The second-order valence-corrected chi connectivity index (χ2v) is 23.5. The van der Waals surface area contributed by atoms with Gasteiger partial charge in [-0.15, -0.1) is 22.1 Å². The van der Waals surface area contributed by atoms with Gasteiger partial charge in [-0.2, -0.15) is 0 Å². The monoisotopic (exact) mass is 1340 g/mol. The predicted molar refractivity (Wildman–Crippen MR) is 355 cm³/mol. The van der Waals surface area contributed by atoms with Gasteiger partial charge in [0.2, 0.25) is 0 Å². The number of rotatable bonds is 22. The number of benzene rings is 6. The van der Waals surface area contributed by atoms with Crippen molar-refractivity contribution in [3.8, 4) is 45.3 Å². The molecule has 20 nitrogen and oxygen atoms in total. The summed E-state index contributed by atoms with van der Waals surface area (Å²) >= 11 is 0. The number of carbonyl (C=O) groups is 8. The molecule has 0 saturated carbocycles. The Hall–Kier alpha value is -11.7. The molecule has 0 radical (unpaired) electrons. The summed E-state index contributed by atoms with van der Waals surface area (Å²) in [6.45, 7) is 1.08. The summed E-state index contributed by atoms with van der Waals surface area (Å²) < 4.78 is 25.7. The summed E-state index contributed by atoms with van der Waals surface area (Å²) in [5, 5.41) is 0. The SMILES string of the molecule is O=C1c2ccccc2C(=O)N1CCCOc1cc(OCCCN2C(=O)c3ccccc3C2=O)cc(-c2c3nc(cc4ccc([n-]4)c(-c4cc(OCCCN5C(=O)c6ccccc6C5=O)cc(OCCCN5C(=O)c6ccccc6C5=O)c4)c4nc(cc5ccc2[n-]5)C=C4)C=C3)c1.[Zn+2]. The van der Waals surface area contributed by atoms with Crippen LogP contribution in [0.2, 0.25) is 0 Å². The Balaban J connectivity index is 0.00000807. The molecule has 9 heterocycles. The molecule has 8 amide bonds. The Bertz CT molecular complexity index is 4400. The van der Waals surface area contributed by atoms with Crippen LogP contribution < -0.4 is 28.9 Å². The van der Waals surface area contributed by atoms with Crippen LogP contribution in [0.3, 0.4) is 0 Å². The summed E-state index contributed by atoms with van der Waals surface area (Å²) in [7, 11) is 0. The van der Waals surface area contributed by atoms with Gasteiger partial charge in [-0.25, -0.2) is 9.97 Å². The first-order valence-corrected chi connectivity index (χ1v) is 31.5. The number of carbonyl (C=O) groups excluding carboxylic acids is 8. The van der Waals surface area contributed by atoms with Crippen LogP contribution in [0.5, 0.6) is 23.0 Å². The van der Waals surface area contributed by atoms with Crippen molar-refractivity contribution in [1.29, 1.82) is 0 Å². The third-order valence-electron chi connectivity index (χ3n) is 17.3. The summed E-state index contributed by atoms with van der Waals surface area (Å²) in [4.78, 5) is 131. The molecule has 0 fully saturated rings. The minimum atomic E-state index is -0.352. The standard InChI is InChI=1S/C76H56N8O12.Zn/c85-69-55-13-1-2-14-56(55)70(86)81(69)29-9-33-93-51-37-45(38-52(43-51)94-34-10-30-82-71(87)57-15-3-4-16-58(57)72(82)88)67-63-25-21-47(77-63)41-49-23-27-65(79-49)68(66-28-24-50(80-66)42-48-22-26-64(67)78-48)46-39-53(95-35-11-31-83-73(89)59-17-5-6-18-60(59)74(83)90)44-54(40-46)96-36-12-32-84-75(91)61-19-7-8-20-62(61)76(84)92;/h1-8,13-28,37-44H,9-12,29-36H2;/q-2;+2. The van der Waals surface area contributed by atoms with Gasteiger partial charge in [-0.05, 0) is 145 Å². The van der Waals surface area contributed by atoms with Gasteiger partial charge in [0.15, 0.2) is 0 Å². The molecule has 3 aromatic heterocycles. The third-order valence-corrected chi connectivity index (χ3v) is 17.3.